The lowest BCUT2D eigenvalue weighted by molar-refractivity contribution is -0.115. The van der Waals surface area contributed by atoms with Crippen LogP contribution in [0.5, 0.6) is 0 Å². The van der Waals surface area contributed by atoms with Crippen LogP contribution in [-0.2, 0) is 11.2 Å². The van der Waals surface area contributed by atoms with Crippen LogP contribution in [0.4, 0.5) is 5.69 Å². The predicted molar refractivity (Wildman–Crippen MR) is 83.2 cm³/mol. The fourth-order valence-corrected chi connectivity index (χ4v) is 2.06. The van der Waals surface area contributed by atoms with Crippen LogP contribution in [0.2, 0.25) is 0 Å². The van der Waals surface area contributed by atoms with Gasteiger partial charge in [0.25, 0.3) is 5.91 Å². The van der Waals surface area contributed by atoms with Crippen molar-refractivity contribution in [3.05, 3.63) is 52.4 Å². The number of anilines is 1. The average Bonchev–Trinajstić information content (AvgIpc) is 2.91. The molecular weight excluding hydrogens is 336 g/mol. The van der Waals surface area contributed by atoms with E-state index < -0.39 is 5.91 Å². The van der Waals surface area contributed by atoms with Gasteiger partial charge in [-0.3, -0.25) is 9.59 Å². The molecule has 6 heteroatoms. The van der Waals surface area contributed by atoms with E-state index >= 15 is 0 Å². The van der Waals surface area contributed by atoms with Crippen molar-refractivity contribution in [2.24, 2.45) is 0 Å². The predicted octanol–water partition coefficient (Wildman–Crippen LogP) is 2.97. The fourth-order valence-electron chi connectivity index (χ4n) is 1.76. The van der Waals surface area contributed by atoms with Crippen LogP contribution in [0.3, 0.4) is 0 Å². The number of benzene rings is 1. The zero-order chi connectivity index (χ0) is 15.2. The van der Waals surface area contributed by atoms with Crippen LogP contribution < -0.4 is 10.6 Å². The molecule has 0 unspecified atom stereocenters. The molecule has 0 saturated heterocycles. The molecule has 21 heavy (non-hydrogen) atoms. The number of carbonyl (C=O) groups excluding carboxylic acids is 2. The van der Waals surface area contributed by atoms with Crippen LogP contribution in [-0.4, -0.2) is 18.4 Å². The summed E-state index contributed by atoms with van der Waals surface area (Å²) in [5.74, 6) is -0.567. The molecule has 0 aliphatic heterocycles. The highest BCUT2D eigenvalue weighted by Gasteiger charge is 2.11. The van der Waals surface area contributed by atoms with E-state index in [1.807, 2.05) is 31.2 Å². The molecule has 110 valence electrons. The number of rotatable bonds is 5. The van der Waals surface area contributed by atoms with Crippen molar-refractivity contribution in [3.8, 4) is 0 Å². The zero-order valence-corrected chi connectivity index (χ0v) is 13.1. The third-order valence-electron chi connectivity index (χ3n) is 2.83. The Morgan fingerprint density at radius 3 is 2.71 bits per heavy atom. The number of nitrogens with one attached hydrogen (secondary N) is 2. The highest BCUT2D eigenvalue weighted by Crippen LogP contribution is 2.14. The van der Waals surface area contributed by atoms with Gasteiger partial charge in [0.1, 0.15) is 0 Å². The molecule has 0 aliphatic rings. The van der Waals surface area contributed by atoms with Crippen molar-refractivity contribution < 1.29 is 14.0 Å². The molecule has 0 radical (unpaired) electrons. The molecule has 2 rings (SSSR count). The third-order valence-corrected chi connectivity index (χ3v) is 3.25. The molecule has 2 N–H and O–H groups in total. The van der Waals surface area contributed by atoms with E-state index in [0.29, 0.717) is 10.4 Å². The molecule has 0 saturated carbocycles. The Morgan fingerprint density at radius 1 is 1.24 bits per heavy atom. The second-order valence-electron chi connectivity index (χ2n) is 4.39. The number of furan rings is 1. The molecule has 0 bridgehead atoms. The topological polar surface area (TPSA) is 71.3 Å². The highest BCUT2D eigenvalue weighted by molar-refractivity contribution is 9.10. The smallest absolute Gasteiger partial charge is 0.287 e. The molecule has 2 amide bonds. The lowest BCUT2D eigenvalue weighted by Gasteiger charge is -2.07. The van der Waals surface area contributed by atoms with Crippen LogP contribution in [0.1, 0.15) is 23.0 Å². The molecule has 0 fully saturated rings. The number of hydrogen-bond donors (Lipinski definition) is 2. The van der Waals surface area contributed by atoms with Crippen molar-refractivity contribution in [1.82, 2.24) is 5.32 Å². The molecule has 0 aliphatic carbocycles. The molecule has 1 heterocycles. The Kier molecular flexibility index (Phi) is 5.16. The summed E-state index contributed by atoms with van der Waals surface area (Å²) in [6.45, 7) is 1.93. The summed E-state index contributed by atoms with van der Waals surface area (Å²) in [6, 6.07) is 10.7. The van der Waals surface area contributed by atoms with E-state index in [0.717, 1.165) is 12.0 Å². The Bertz CT molecular complexity index is 652. The Labute approximate surface area is 130 Å². The van der Waals surface area contributed by atoms with Crippen LogP contribution >= 0.6 is 15.9 Å². The molecule has 5 nitrogen and oxygen atoms in total. The van der Waals surface area contributed by atoms with Gasteiger partial charge in [-0.2, -0.15) is 0 Å². The Morgan fingerprint density at radius 2 is 2.05 bits per heavy atom. The normalized spacial score (nSPS) is 10.2. The van der Waals surface area contributed by atoms with Gasteiger partial charge in [0.2, 0.25) is 5.91 Å². The standard InChI is InChI=1S/C15H15BrN2O3/c1-2-10-4-3-5-11(8-10)18-14(19)9-17-15(20)12-6-7-13(16)21-12/h3-8H,2,9H2,1H3,(H,17,20)(H,18,19). The highest BCUT2D eigenvalue weighted by atomic mass is 79.9. The minimum atomic E-state index is -0.432. The van der Waals surface area contributed by atoms with Gasteiger partial charge in [-0.15, -0.1) is 0 Å². The van der Waals surface area contributed by atoms with Gasteiger partial charge >= 0.3 is 0 Å². The maximum absolute atomic E-state index is 11.8. The van der Waals surface area contributed by atoms with E-state index in [-0.39, 0.29) is 18.2 Å². The van der Waals surface area contributed by atoms with Gasteiger partial charge in [0.15, 0.2) is 10.4 Å². The number of hydrogen-bond acceptors (Lipinski definition) is 3. The number of carbonyl (C=O) groups is 2. The molecular formula is C15H15BrN2O3. The summed E-state index contributed by atoms with van der Waals surface area (Å²) in [7, 11) is 0. The van der Waals surface area contributed by atoms with Gasteiger partial charge in [-0.1, -0.05) is 19.1 Å². The van der Waals surface area contributed by atoms with Crippen LogP contribution in [0.15, 0.2) is 45.5 Å². The zero-order valence-electron chi connectivity index (χ0n) is 11.5. The molecule has 1 aromatic carbocycles. The monoisotopic (exact) mass is 350 g/mol. The summed E-state index contributed by atoms with van der Waals surface area (Å²) in [4.78, 5) is 23.5. The SMILES string of the molecule is CCc1cccc(NC(=O)CNC(=O)c2ccc(Br)o2)c1. The van der Waals surface area contributed by atoms with Gasteiger partial charge in [-0.25, -0.2) is 0 Å². The minimum Gasteiger partial charge on any atom is -0.444 e. The van der Waals surface area contributed by atoms with E-state index in [4.69, 9.17) is 4.42 Å². The fraction of sp³-hybridized carbons (Fsp3) is 0.200. The Hall–Kier alpha value is -2.08. The first-order valence-corrected chi connectivity index (χ1v) is 7.30. The number of amides is 2. The van der Waals surface area contributed by atoms with Crippen molar-refractivity contribution >= 4 is 33.4 Å². The summed E-state index contributed by atoms with van der Waals surface area (Å²) in [5.41, 5.74) is 1.85. The van der Waals surface area contributed by atoms with Crippen molar-refractivity contribution in [3.63, 3.8) is 0 Å². The quantitative estimate of drug-likeness (QED) is 0.870. The molecule has 0 spiro atoms. The van der Waals surface area contributed by atoms with Gasteiger partial charge in [0, 0.05) is 5.69 Å². The van der Waals surface area contributed by atoms with E-state index in [2.05, 4.69) is 26.6 Å². The molecule has 0 atom stereocenters. The van der Waals surface area contributed by atoms with Crippen molar-refractivity contribution in [2.45, 2.75) is 13.3 Å². The molecule has 2 aromatic rings. The van der Waals surface area contributed by atoms with Crippen LogP contribution in [0, 0.1) is 0 Å². The first-order chi connectivity index (χ1) is 10.1. The first-order valence-electron chi connectivity index (χ1n) is 6.51. The van der Waals surface area contributed by atoms with Crippen molar-refractivity contribution in [2.75, 3.05) is 11.9 Å². The van der Waals surface area contributed by atoms with Gasteiger partial charge < -0.3 is 15.1 Å². The lowest BCUT2D eigenvalue weighted by atomic mass is 10.1. The van der Waals surface area contributed by atoms with Gasteiger partial charge in [0.05, 0.1) is 6.54 Å². The second kappa shape index (κ2) is 7.08. The summed E-state index contributed by atoms with van der Waals surface area (Å²) >= 11 is 3.11. The van der Waals surface area contributed by atoms with E-state index in [9.17, 15) is 9.59 Å². The average molecular weight is 351 g/mol. The lowest BCUT2D eigenvalue weighted by Crippen LogP contribution is -2.32. The summed E-state index contributed by atoms with van der Waals surface area (Å²) < 4.78 is 5.57. The Balaban J connectivity index is 1.85. The van der Waals surface area contributed by atoms with E-state index in [1.54, 1.807) is 6.07 Å². The number of halogens is 1. The first kappa shape index (κ1) is 15.3. The maximum Gasteiger partial charge on any atom is 0.287 e. The minimum absolute atomic E-state index is 0.118. The number of aryl methyl sites for hydroxylation is 1. The summed E-state index contributed by atoms with van der Waals surface area (Å²) in [6.07, 6.45) is 0.897. The third kappa shape index (κ3) is 4.46. The summed E-state index contributed by atoms with van der Waals surface area (Å²) in [5, 5.41) is 5.23. The van der Waals surface area contributed by atoms with Gasteiger partial charge in [-0.05, 0) is 52.2 Å². The van der Waals surface area contributed by atoms with Crippen LogP contribution in [0.25, 0.3) is 0 Å². The van der Waals surface area contributed by atoms with Crippen molar-refractivity contribution in [1.29, 1.82) is 0 Å². The van der Waals surface area contributed by atoms with E-state index in [1.165, 1.54) is 6.07 Å². The molecule has 1 aromatic heterocycles. The second-order valence-corrected chi connectivity index (χ2v) is 5.17. The maximum atomic E-state index is 11.8. The largest absolute Gasteiger partial charge is 0.444 e.